The number of esters is 2. The molecule has 0 amide bonds. The number of hydrogen-bond acceptors (Lipinski definition) is 8. The number of carbonyl (C=O) groups is 2. The number of carbonyl (C=O) groups excluding carboxylic acids is 2. The molecular formula is C30H36N2O8Si. The van der Waals surface area contributed by atoms with Crippen molar-refractivity contribution in [3.63, 3.8) is 0 Å². The van der Waals surface area contributed by atoms with E-state index in [0.29, 0.717) is 11.1 Å². The van der Waals surface area contributed by atoms with Gasteiger partial charge in [0.15, 0.2) is 14.9 Å². The van der Waals surface area contributed by atoms with E-state index >= 15 is 0 Å². The number of ether oxygens (including phenoxy) is 3. The smallest absolute Gasteiger partial charge is 0.340 e. The first-order valence-electron chi connectivity index (χ1n) is 13.4. The first kappa shape index (κ1) is 30.2. The van der Waals surface area contributed by atoms with E-state index in [4.69, 9.17) is 18.6 Å². The lowest BCUT2D eigenvalue weighted by Gasteiger charge is -2.42. The molecule has 1 aromatic heterocycles. The second-order valence-corrected chi connectivity index (χ2v) is 16.4. The van der Waals surface area contributed by atoms with E-state index in [9.17, 15) is 19.2 Å². The van der Waals surface area contributed by atoms with Gasteiger partial charge in [0.1, 0.15) is 12.3 Å². The highest BCUT2D eigenvalue weighted by Crippen LogP contribution is 2.45. The van der Waals surface area contributed by atoms with Crippen LogP contribution in [0.5, 0.6) is 0 Å². The van der Waals surface area contributed by atoms with Gasteiger partial charge in [0.05, 0.1) is 11.1 Å². The quantitative estimate of drug-likeness (QED) is 0.304. The van der Waals surface area contributed by atoms with Crippen LogP contribution in [0.25, 0.3) is 0 Å². The Labute approximate surface area is 239 Å². The highest BCUT2D eigenvalue weighted by molar-refractivity contribution is 6.74. The number of benzene rings is 2. The number of nitrogens with one attached hydrogen (secondary N) is 1. The fourth-order valence-corrected chi connectivity index (χ4v) is 5.56. The summed E-state index contributed by atoms with van der Waals surface area (Å²) in [7, 11) is -2.53. The summed E-state index contributed by atoms with van der Waals surface area (Å²) >= 11 is 0. The van der Waals surface area contributed by atoms with Crippen LogP contribution >= 0.6 is 0 Å². The summed E-state index contributed by atoms with van der Waals surface area (Å²) < 4.78 is 26.1. The molecule has 2 heterocycles. The molecule has 1 aliphatic heterocycles. The Morgan fingerprint density at radius 2 is 1.56 bits per heavy atom. The van der Waals surface area contributed by atoms with E-state index < -0.39 is 56.2 Å². The minimum absolute atomic E-state index is 0.0862. The zero-order valence-electron chi connectivity index (χ0n) is 24.1. The van der Waals surface area contributed by atoms with Gasteiger partial charge >= 0.3 is 17.6 Å². The summed E-state index contributed by atoms with van der Waals surface area (Å²) in [5.74, 6) is -3.26. The van der Waals surface area contributed by atoms with Crippen LogP contribution in [-0.2, 0) is 18.6 Å². The molecule has 1 N–H and O–H groups in total. The maximum Gasteiger partial charge on any atom is 0.340 e. The predicted molar refractivity (Wildman–Crippen MR) is 154 cm³/mol. The fraction of sp³-hybridized carbons (Fsp3) is 0.400. The van der Waals surface area contributed by atoms with Gasteiger partial charge in [-0.2, -0.15) is 0 Å². The number of aryl methyl sites for hydroxylation is 1. The molecule has 2 aromatic carbocycles. The van der Waals surface area contributed by atoms with Crippen molar-refractivity contribution in [2.45, 2.75) is 70.4 Å². The minimum Gasteiger partial charge on any atom is -0.455 e. The van der Waals surface area contributed by atoms with Crippen LogP contribution in [0.15, 0.2) is 76.4 Å². The number of rotatable bonds is 8. The van der Waals surface area contributed by atoms with Gasteiger partial charge in [0.25, 0.3) is 11.3 Å². The molecule has 3 atom stereocenters. The molecule has 0 saturated carbocycles. The average Bonchev–Trinajstić information content (AvgIpc) is 3.26. The van der Waals surface area contributed by atoms with Gasteiger partial charge in [0, 0.05) is 18.2 Å². The standard InChI is InChI=1S/C30H36N2O8Si/c1-20-18-32(28(36)31-25(20)33)24-17-23(40-41(5,6)29(2,3)4)30(38-24,39-27(35)22-15-11-8-12-16-22)19-37-26(34)21-13-9-7-10-14-21/h7-16,18,23-24H,17,19H2,1-6H3,(H,31,33,36)/t23-,24+,30?/m0/s1. The van der Waals surface area contributed by atoms with E-state index in [1.165, 1.54) is 10.8 Å². The van der Waals surface area contributed by atoms with E-state index in [1.807, 2.05) is 13.1 Å². The Hall–Kier alpha value is -3.80. The molecule has 41 heavy (non-hydrogen) atoms. The summed E-state index contributed by atoms with van der Waals surface area (Å²) in [6.07, 6.45) is -0.432. The van der Waals surface area contributed by atoms with Crippen LogP contribution < -0.4 is 11.2 Å². The maximum atomic E-state index is 13.4. The van der Waals surface area contributed by atoms with Crippen molar-refractivity contribution in [2.75, 3.05) is 6.61 Å². The SMILES string of the molecule is Cc1cn([C@H]2C[C@H](O[Si](C)(C)C(C)(C)C)C(COC(=O)c3ccccc3)(OC(=O)c3ccccc3)O2)c(=O)[nH]c1=O. The van der Waals surface area contributed by atoms with Crippen molar-refractivity contribution in [2.24, 2.45) is 0 Å². The molecule has 0 aliphatic carbocycles. The van der Waals surface area contributed by atoms with Crippen molar-refractivity contribution >= 4 is 20.3 Å². The molecule has 0 spiro atoms. The Bertz CT molecular complexity index is 1510. The van der Waals surface area contributed by atoms with Crippen molar-refractivity contribution in [1.29, 1.82) is 0 Å². The predicted octanol–water partition coefficient (Wildman–Crippen LogP) is 4.56. The molecule has 4 rings (SSSR count). The molecule has 1 saturated heterocycles. The molecule has 218 valence electrons. The summed E-state index contributed by atoms with van der Waals surface area (Å²) in [6.45, 7) is 11.3. The highest BCUT2D eigenvalue weighted by Gasteiger charge is 2.57. The number of H-pyrrole nitrogens is 1. The van der Waals surface area contributed by atoms with E-state index in [2.05, 4.69) is 25.8 Å². The molecule has 11 heteroatoms. The van der Waals surface area contributed by atoms with Crippen LogP contribution in [0.2, 0.25) is 18.1 Å². The third-order valence-electron chi connectivity index (χ3n) is 7.63. The lowest BCUT2D eigenvalue weighted by atomic mass is 10.1. The third-order valence-corrected chi connectivity index (χ3v) is 12.1. The minimum atomic E-state index is -2.53. The normalized spacial score (nSPS) is 20.9. The second-order valence-electron chi connectivity index (χ2n) is 11.7. The second kappa shape index (κ2) is 11.6. The average molecular weight is 581 g/mol. The van der Waals surface area contributed by atoms with Crippen molar-refractivity contribution in [3.05, 3.63) is 104 Å². The monoisotopic (exact) mass is 580 g/mol. The van der Waals surface area contributed by atoms with E-state index in [-0.39, 0.29) is 17.0 Å². The third kappa shape index (κ3) is 6.58. The maximum absolute atomic E-state index is 13.4. The first-order chi connectivity index (χ1) is 19.2. The van der Waals surface area contributed by atoms with Gasteiger partial charge in [-0.25, -0.2) is 14.4 Å². The number of aromatic nitrogens is 2. The molecule has 0 bridgehead atoms. The zero-order chi connectivity index (χ0) is 30.0. The summed E-state index contributed by atoms with van der Waals surface area (Å²) in [5, 5.41) is -0.230. The van der Waals surface area contributed by atoms with E-state index in [1.54, 1.807) is 67.6 Å². The van der Waals surface area contributed by atoms with Crippen molar-refractivity contribution in [3.8, 4) is 0 Å². The van der Waals surface area contributed by atoms with Crippen LogP contribution in [0.3, 0.4) is 0 Å². The van der Waals surface area contributed by atoms with Crippen molar-refractivity contribution in [1.82, 2.24) is 9.55 Å². The van der Waals surface area contributed by atoms with Gasteiger partial charge in [-0.3, -0.25) is 14.3 Å². The molecule has 0 radical (unpaired) electrons. The van der Waals surface area contributed by atoms with Gasteiger partial charge in [0.2, 0.25) is 0 Å². The number of hydrogen-bond donors (Lipinski definition) is 1. The lowest BCUT2D eigenvalue weighted by Crippen LogP contribution is -2.55. The highest BCUT2D eigenvalue weighted by atomic mass is 28.4. The Morgan fingerprint density at radius 3 is 2.12 bits per heavy atom. The largest absolute Gasteiger partial charge is 0.455 e. The Kier molecular flexibility index (Phi) is 8.53. The lowest BCUT2D eigenvalue weighted by molar-refractivity contribution is -0.251. The zero-order valence-corrected chi connectivity index (χ0v) is 25.1. The van der Waals surface area contributed by atoms with Gasteiger partial charge in [-0.1, -0.05) is 57.2 Å². The summed E-state index contributed by atoms with van der Waals surface area (Å²) in [5.41, 5.74) is -0.346. The van der Waals surface area contributed by atoms with Crippen molar-refractivity contribution < 1.29 is 28.2 Å². The molecule has 3 aromatic rings. The Balaban J connectivity index is 1.79. The van der Waals surface area contributed by atoms with Crippen LogP contribution in [-0.4, -0.2) is 48.3 Å². The molecule has 10 nitrogen and oxygen atoms in total. The van der Waals surface area contributed by atoms with Gasteiger partial charge < -0.3 is 18.6 Å². The molecule has 1 fully saturated rings. The first-order valence-corrected chi connectivity index (χ1v) is 16.3. The summed E-state index contributed by atoms with van der Waals surface area (Å²) in [6, 6.07) is 16.8. The van der Waals surface area contributed by atoms with Gasteiger partial charge in [-0.15, -0.1) is 0 Å². The van der Waals surface area contributed by atoms with E-state index in [0.717, 1.165) is 0 Å². The Morgan fingerprint density at radius 1 is 1.00 bits per heavy atom. The molecule has 1 unspecified atom stereocenters. The number of aromatic amines is 1. The van der Waals surface area contributed by atoms with Crippen LogP contribution in [0, 0.1) is 6.92 Å². The topological polar surface area (TPSA) is 126 Å². The van der Waals surface area contributed by atoms with Gasteiger partial charge in [-0.05, 0) is 49.3 Å². The van der Waals surface area contributed by atoms with Crippen LogP contribution in [0.1, 0.15) is 59.7 Å². The van der Waals surface area contributed by atoms with Crippen LogP contribution in [0.4, 0.5) is 0 Å². The molecular weight excluding hydrogens is 544 g/mol. The summed E-state index contributed by atoms with van der Waals surface area (Å²) in [4.78, 5) is 53.6. The number of nitrogens with zero attached hydrogens (tertiary/aromatic N) is 1. The fourth-order valence-electron chi connectivity index (χ4n) is 4.22. The molecule has 1 aliphatic rings.